The van der Waals surface area contributed by atoms with Crippen molar-refractivity contribution in [2.75, 3.05) is 26.7 Å². The molecule has 2 amide bonds. The fraction of sp³-hybridized carbons (Fsp3) is 0.476. The van der Waals surface area contributed by atoms with Crippen LogP contribution >= 0.6 is 0 Å². The molecule has 2 fully saturated rings. The van der Waals surface area contributed by atoms with E-state index in [0.29, 0.717) is 31.6 Å². The second kappa shape index (κ2) is 6.96. The maximum atomic E-state index is 13.0. The number of nitrogens with zero attached hydrogens (tertiary/aromatic N) is 3. The molecule has 1 aromatic heterocycles. The first-order valence-electron chi connectivity index (χ1n) is 9.69. The molecule has 2 aliphatic rings. The Labute approximate surface area is 163 Å². The number of hydrogen-bond donors (Lipinski definition) is 0. The van der Waals surface area contributed by atoms with Gasteiger partial charge in [0.05, 0.1) is 6.54 Å². The lowest BCUT2D eigenvalue weighted by Crippen LogP contribution is -2.37. The molecule has 1 aromatic carbocycles. The Balaban J connectivity index is 1.50. The number of ether oxygens (including phenoxy) is 1. The zero-order valence-electron chi connectivity index (χ0n) is 16.3. The fourth-order valence-electron chi connectivity index (χ4n) is 4.37. The second-order valence-electron chi connectivity index (χ2n) is 7.89. The largest absolute Gasteiger partial charge is 0.441 e. The zero-order valence-corrected chi connectivity index (χ0v) is 16.3. The highest BCUT2D eigenvalue weighted by atomic mass is 16.6. The molecule has 2 saturated heterocycles. The maximum absolute atomic E-state index is 13.0. The van der Waals surface area contributed by atoms with E-state index in [1.54, 1.807) is 25.1 Å². The van der Waals surface area contributed by atoms with E-state index >= 15 is 0 Å². The summed E-state index contributed by atoms with van der Waals surface area (Å²) in [7, 11) is 1.74. The molecule has 28 heavy (non-hydrogen) atoms. The molecule has 0 N–H and O–H groups in total. The number of rotatable bonds is 3. The minimum absolute atomic E-state index is 0.00807. The summed E-state index contributed by atoms with van der Waals surface area (Å²) in [6, 6.07) is 7.65. The number of amides is 2. The first kappa shape index (κ1) is 18.5. The molecule has 1 spiro atoms. The van der Waals surface area contributed by atoms with Gasteiger partial charge in [-0.1, -0.05) is 18.2 Å². The number of ketones is 1. The minimum atomic E-state index is -0.469. The van der Waals surface area contributed by atoms with Crippen LogP contribution in [0.1, 0.15) is 36.5 Å². The Morgan fingerprint density at radius 3 is 2.68 bits per heavy atom. The second-order valence-corrected chi connectivity index (χ2v) is 7.89. The summed E-state index contributed by atoms with van der Waals surface area (Å²) >= 11 is 0. The van der Waals surface area contributed by atoms with Gasteiger partial charge >= 0.3 is 6.09 Å². The van der Waals surface area contributed by atoms with Gasteiger partial charge < -0.3 is 19.1 Å². The average Bonchev–Trinajstić information content (AvgIpc) is 3.07. The van der Waals surface area contributed by atoms with Crippen molar-refractivity contribution in [1.82, 2.24) is 14.4 Å². The Hall–Kier alpha value is -2.83. The maximum Gasteiger partial charge on any atom is 0.410 e. The summed E-state index contributed by atoms with van der Waals surface area (Å²) in [6.07, 6.45) is 3.72. The number of carbonyl (C=O) groups is 3. The number of benzene rings is 1. The lowest BCUT2D eigenvalue weighted by Gasteiger charge is -2.25. The molecule has 1 atom stereocenters. The number of likely N-dealkylation sites (tertiary alicyclic amines) is 1. The molecule has 7 nitrogen and oxygen atoms in total. The minimum Gasteiger partial charge on any atom is -0.441 e. The number of para-hydroxylation sites is 1. The standard InChI is InChI=1S/C21H25N3O4/c1-15(25)17-12-24(18-7-4-3-6-16(17)18)13-19(26)23-10-5-8-21(9-11-23)14-22(2)20(27)28-21/h3-4,6-7,12H,5,8-11,13-14H2,1-2H3. The SMILES string of the molecule is CC(=O)c1cn(CC(=O)N2CCCC3(CC2)CN(C)C(=O)O3)c2ccccc12. The van der Waals surface area contributed by atoms with Crippen molar-refractivity contribution >= 4 is 28.7 Å². The van der Waals surface area contributed by atoms with Crippen LogP contribution in [0.4, 0.5) is 4.79 Å². The van der Waals surface area contributed by atoms with Gasteiger partial charge in [0.15, 0.2) is 5.78 Å². The van der Waals surface area contributed by atoms with Gasteiger partial charge in [-0.25, -0.2) is 4.79 Å². The quantitative estimate of drug-likeness (QED) is 0.764. The lowest BCUT2D eigenvalue weighted by molar-refractivity contribution is -0.131. The molecular formula is C21H25N3O4. The smallest absolute Gasteiger partial charge is 0.410 e. The molecule has 2 aliphatic heterocycles. The van der Waals surface area contributed by atoms with E-state index in [9.17, 15) is 14.4 Å². The van der Waals surface area contributed by atoms with Crippen molar-refractivity contribution in [3.05, 3.63) is 36.0 Å². The molecule has 3 heterocycles. The third kappa shape index (κ3) is 3.25. The summed E-state index contributed by atoms with van der Waals surface area (Å²) < 4.78 is 7.48. The topological polar surface area (TPSA) is 71.9 Å². The van der Waals surface area contributed by atoms with E-state index in [1.165, 1.54) is 0 Å². The van der Waals surface area contributed by atoms with Gasteiger partial charge in [-0.3, -0.25) is 9.59 Å². The molecule has 4 rings (SSSR count). The van der Waals surface area contributed by atoms with E-state index in [-0.39, 0.29) is 24.3 Å². The predicted molar refractivity (Wildman–Crippen MR) is 104 cm³/mol. The van der Waals surface area contributed by atoms with Gasteiger partial charge in [-0.2, -0.15) is 0 Å². The van der Waals surface area contributed by atoms with E-state index in [2.05, 4.69) is 0 Å². The van der Waals surface area contributed by atoms with Crippen LogP contribution in [0.5, 0.6) is 0 Å². The lowest BCUT2D eigenvalue weighted by atomic mass is 9.95. The van der Waals surface area contributed by atoms with Gasteiger partial charge in [-0.15, -0.1) is 0 Å². The van der Waals surface area contributed by atoms with Crippen LogP contribution in [0, 0.1) is 0 Å². The molecule has 2 aromatic rings. The fourth-order valence-corrected chi connectivity index (χ4v) is 4.37. The monoisotopic (exact) mass is 383 g/mol. The van der Waals surface area contributed by atoms with Crippen molar-refractivity contribution in [3.63, 3.8) is 0 Å². The van der Waals surface area contributed by atoms with Crippen LogP contribution in [0.2, 0.25) is 0 Å². The molecule has 7 heteroatoms. The molecule has 0 bridgehead atoms. The van der Waals surface area contributed by atoms with Crippen LogP contribution in [0.3, 0.4) is 0 Å². The molecule has 1 unspecified atom stereocenters. The van der Waals surface area contributed by atoms with Crippen LogP contribution in [-0.4, -0.2) is 64.4 Å². The van der Waals surface area contributed by atoms with Crippen molar-refractivity contribution < 1.29 is 19.1 Å². The third-order valence-corrected chi connectivity index (χ3v) is 5.86. The van der Waals surface area contributed by atoms with E-state index in [0.717, 1.165) is 23.7 Å². The summed E-state index contributed by atoms with van der Waals surface area (Å²) in [5, 5.41) is 0.874. The molecule has 0 radical (unpaired) electrons. The highest BCUT2D eigenvalue weighted by Gasteiger charge is 2.44. The molecule has 148 valence electrons. The van der Waals surface area contributed by atoms with E-state index < -0.39 is 5.60 Å². The predicted octanol–water partition coefficient (Wildman–Crippen LogP) is 2.68. The molecule has 0 aliphatic carbocycles. The summed E-state index contributed by atoms with van der Waals surface area (Å²) in [4.78, 5) is 40.2. The van der Waals surface area contributed by atoms with Crippen LogP contribution in [0.15, 0.2) is 30.5 Å². The van der Waals surface area contributed by atoms with Gasteiger partial charge in [0.2, 0.25) is 5.91 Å². The number of fused-ring (bicyclic) bond motifs is 1. The van der Waals surface area contributed by atoms with Gasteiger partial charge in [-0.05, 0) is 25.8 Å². The zero-order chi connectivity index (χ0) is 19.9. The number of carbonyl (C=O) groups excluding carboxylic acids is 3. The van der Waals surface area contributed by atoms with Crippen molar-refractivity contribution in [2.24, 2.45) is 0 Å². The summed E-state index contributed by atoms with van der Waals surface area (Å²) in [6.45, 7) is 3.54. The summed E-state index contributed by atoms with van der Waals surface area (Å²) in [5.74, 6) is 0.0110. The normalized spacial score (nSPS) is 22.6. The summed E-state index contributed by atoms with van der Waals surface area (Å²) in [5.41, 5.74) is 1.06. The van der Waals surface area contributed by atoms with Gasteiger partial charge in [0, 0.05) is 49.2 Å². The van der Waals surface area contributed by atoms with E-state index in [4.69, 9.17) is 4.74 Å². The van der Waals surface area contributed by atoms with Crippen molar-refractivity contribution in [2.45, 2.75) is 38.3 Å². The van der Waals surface area contributed by atoms with Crippen molar-refractivity contribution in [1.29, 1.82) is 0 Å². The first-order valence-corrected chi connectivity index (χ1v) is 9.69. The Bertz CT molecular complexity index is 950. The van der Waals surface area contributed by atoms with E-state index in [1.807, 2.05) is 33.7 Å². The van der Waals surface area contributed by atoms with Crippen molar-refractivity contribution in [3.8, 4) is 0 Å². The number of likely N-dealkylation sites (N-methyl/N-ethyl adjacent to an activating group) is 1. The first-order chi connectivity index (χ1) is 13.4. The number of Topliss-reactive ketones (excluding diaryl/α,β-unsaturated/α-hetero) is 1. The van der Waals surface area contributed by atoms with Gasteiger partial charge in [0.25, 0.3) is 0 Å². The Morgan fingerprint density at radius 1 is 1.18 bits per heavy atom. The Kier molecular flexibility index (Phi) is 4.61. The highest BCUT2D eigenvalue weighted by molar-refractivity contribution is 6.07. The third-order valence-electron chi connectivity index (χ3n) is 5.86. The van der Waals surface area contributed by atoms with Gasteiger partial charge in [0.1, 0.15) is 12.1 Å². The van der Waals surface area contributed by atoms with Crippen LogP contribution in [0.25, 0.3) is 10.9 Å². The number of aromatic nitrogens is 1. The average molecular weight is 383 g/mol. The molecule has 0 saturated carbocycles. The highest BCUT2D eigenvalue weighted by Crippen LogP contribution is 2.32. The Morgan fingerprint density at radius 2 is 1.96 bits per heavy atom. The van der Waals surface area contributed by atoms with Crippen LogP contribution in [-0.2, 0) is 16.1 Å². The number of hydrogen-bond acceptors (Lipinski definition) is 4. The molecular weight excluding hydrogens is 358 g/mol. The van der Waals surface area contributed by atoms with Crippen LogP contribution < -0.4 is 0 Å².